The lowest BCUT2D eigenvalue weighted by Gasteiger charge is -2.13. The van der Waals surface area contributed by atoms with Crippen molar-refractivity contribution in [3.05, 3.63) is 0 Å². The molecule has 1 amide bonds. The van der Waals surface area contributed by atoms with E-state index >= 15 is 0 Å². The zero-order valence-electron chi connectivity index (χ0n) is 9.63. The Labute approximate surface area is 91.8 Å². The Balaban J connectivity index is 2.00. The molecule has 3 heteroatoms. The number of nitrogens with zero attached hydrogens (tertiary/aromatic N) is 1. The SMILES string of the molecule is CCCCCCCCN1CC(=O)CC1=O. The van der Waals surface area contributed by atoms with Gasteiger partial charge in [-0.1, -0.05) is 39.0 Å². The monoisotopic (exact) mass is 211 g/mol. The number of rotatable bonds is 7. The fourth-order valence-corrected chi connectivity index (χ4v) is 1.92. The minimum Gasteiger partial charge on any atom is -0.335 e. The number of likely N-dealkylation sites (tertiary alicyclic amines) is 1. The zero-order chi connectivity index (χ0) is 11.1. The number of unbranched alkanes of at least 4 members (excludes halogenated alkanes) is 5. The molecule has 1 aliphatic rings. The van der Waals surface area contributed by atoms with Crippen molar-refractivity contribution >= 4 is 11.7 Å². The smallest absolute Gasteiger partial charge is 0.230 e. The molecule has 0 aromatic heterocycles. The van der Waals surface area contributed by atoms with Crippen LogP contribution in [0.2, 0.25) is 0 Å². The average Bonchev–Trinajstić information content (AvgIpc) is 2.51. The molecule has 0 aromatic carbocycles. The lowest BCUT2D eigenvalue weighted by atomic mass is 10.1. The second kappa shape index (κ2) is 6.59. The van der Waals surface area contributed by atoms with Crippen molar-refractivity contribution in [3.8, 4) is 0 Å². The van der Waals surface area contributed by atoms with Gasteiger partial charge in [-0.25, -0.2) is 0 Å². The molecule has 1 fully saturated rings. The maximum atomic E-state index is 11.3. The summed E-state index contributed by atoms with van der Waals surface area (Å²) in [7, 11) is 0. The van der Waals surface area contributed by atoms with Crippen LogP contribution in [0, 0.1) is 0 Å². The van der Waals surface area contributed by atoms with Gasteiger partial charge in [0, 0.05) is 6.54 Å². The maximum absolute atomic E-state index is 11.3. The summed E-state index contributed by atoms with van der Waals surface area (Å²) in [6.45, 7) is 3.33. The van der Waals surface area contributed by atoms with Crippen molar-refractivity contribution in [3.63, 3.8) is 0 Å². The molecule has 1 saturated heterocycles. The molecule has 0 aromatic rings. The first-order chi connectivity index (χ1) is 7.24. The zero-order valence-corrected chi connectivity index (χ0v) is 9.63. The highest BCUT2D eigenvalue weighted by Gasteiger charge is 2.26. The van der Waals surface area contributed by atoms with Gasteiger partial charge >= 0.3 is 0 Å². The number of hydrogen-bond acceptors (Lipinski definition) is 2. The summed E-state index contributed by atoms with van der Waals surface area (Å²) in [5.41, 5.74) is 0. The van der Waals surface area contributed by atoms with Gasteiger partial charge < -0.3 is 4.90 Å². The summed E-state index contributed by atoms with van der Waals surface area (Å²) in [6, 6.07) is 0. The predicted molar refractivity (Wildman–Crippen MR) is 59.6 cm³/mol. The van der Waals surface area contributed by atoms with E-state index in [0.717, 1.165) is 13.0 Å². The van der Waals surface area contributed by atoms with E-state index in [1.54, 1.807) is 4.90 Å². The molecular formula is C12H21NO2. The number of carbonyl (C=O) groups is 2. The Kier molecular flexibility index (Phi) is 5.37. The Bertz CT molecular complexity index is 226. The van der Waals surface area contributed by atoms with Crippen LogP contribution in [-0.2, 0) is 9.59 Å². The van der Waals surface area contributed by atoms with Gasteiger partial charge in [-0.2, -0.15) is 0 Å². The van der Waals surface area contributed by atoms with Gasteiger partial charge in [0.2, 0.25) is 5.91 Å². The van der Waals surface area contributed by atoms with E-state index in [1.165, 1.54) is 32.1 Å². The molecule has 15 heavy (non-hydrogen) atoms. The molecule has 0 aliphatic carbocycles. The molecule has 1 aliphatic heterocycles. The van der Waals surface area contributed by atoms with E-state index < -0.39 is 0 Å². The van der Waals surface area contributed by atoms with Crippen LogP contribution in [0.4, 0.5) is 0 Å². The summed E-state index contributed by atoms with van der Waals surface area (Å²) < 4.78 is 0. The number of Topliss-reactive ketones (excluding diaryl/α,β-unsaturated/α-hetero) is 1. The Hall–Kier alpha value is -0.860. The van der Waals surface area contributed by atoms with Gasteiger partial charge in [0.05, 0.1) is 13.0 Å². The number of carbonyl (C=O) groups excluding carboxylic acids is 2. The van der Waals surface area contributed by atoms with Gasteiger partial charge in [0.15, 0.2) is 5.78 Å². The summed E-state index contributed by atoms with van der Waals surface area (Å²) in [5.74, 6) is 0.0968. The molecular weight excluding hydrogens is 190 g/mol. The van der Waals surface area contributed by atoms with Crippen molar-refractivity contribution in [2.24, 2.45) is 0 Å². The molecule has 86 valence electrons. The van der Waals surface area contributed by atoms with Crippen molar-refractivity contribution < 1.29 is 9.59 Å². The topological polar surface area (TPSA) is 37.4 Å². The van der Waals surface area contributed by atoms with E-state index in [-0.39, 0.29) is 18.1 Å². The lowest BCUT2D eigenvalue weighted by molar-refractivity contribution is -0.127. The quantitative estimate of drug-likeness (QED) is 0.478. The van der Waals surface area contributed by atoms with E-state index in [9.17, 15) is 9.59 Å². The standard InChI is InChI=1S/C12H21NO2/c1-2-3-4-5-6-7-8-13-10-11(14)9-12(13)15/h2-10H2,1H3. The summed E-state index contributed by atoms with van der Waals surface area (Å²) in [4.78, 5) is 23.9. The van der Waals surface area contributed by atoms with Crippen molar-refractivity contribution in [2.75, 3.05) is 13.1 Å². The van der Waals surface area contributed by atoms with Crippen LogP contribution in [-0.4, -0.2) is 29.7 Å². The second-order valence-corrected chi connectivity index (χ2v) is 4.30. The number of hydrogen-bond donors (Lipinski definition) is 0. The van der Waals surface area contributed by atoms with Gasteiger partial charge in [-0.05, 0) is 6.42 Å². The third-order valence-electron chi connectivity index (χ3n) is 2.85. The average molecular weight is 211 g/mol. The van der Waals surface area contributed by atoms with Crippen LogP contribution >= 0.6 is 0 Å². The van der Waals surface area contributed by atoms with Crippen molar-refractivity contribution in [2.45, 2.75) is 51.9 Å². The highest BCUT2D eigenvalue weighted by atomic mass is 16.2. The van der Waals surface area contributed by atoms with E-state index in [4.69, 9.17) is 0 Å². The van der Waals surface area contributed by atoms with Crippen LogP contribution in [0.15, 0.2) is 0 Å². The Morgan fingerprint density at radius 3 is 2.33 bits per heavy atom. The Morgan fingerprint density at radius 1 is 1.07 bits per heavy atom. The summed E-state index contributed by atoms with van der Waals surface area (Å²) in [5, 5.41) is 0. The molecule has 1 heterocycles. The highest BCUT2D eigenvalue weighted by Crippen LogP contribution is 2.10. The van der Waals surface area contributed by atoms with E-state index in [2.05, 4.69) is 6.92 Å². The van der Waals surface area contributed by atoms with Crippen molar-refractivity contribution in [1.29, 1.82) is 0 Å². The normalized spacial score (nSPS) is 16.5. The first-order valence-corrected chi connectivity index (χ1v) is 6.03. The largest absolute Gasteiger partial charge is 0.335 e. The van der Waals surface area contributed by atoms with E-state index in [0.29, 0.717) is 6.54 Å². The summed E-state index contributed by atoms with van der Waals surface area (Å²) >= 11 is 0. The molecule has 0 unspecified atom stereocenters. The predicted octanol–water partition coefficient (Wildman–Crippen LogP) is 2.15. The van der Waals surface area contributed by atoms with Gasteiger partial charge in [0.1, 0.15) is 0 Å². The third kappa shape index (κ3) is 4.45. The van der Waals surface area contributed by atoms with Gasteiger partial charge in [-0.15, -0.1) is 0 Å². The molecule has 0 N–H and O–H groups in total. The van der Waals surface area contributed by atoms with Gasteiger partial charge in [0.25, 0.3) is 0 Å². The van der Waals surface area contributed by atoms with Crippen LogP contribution in [0.25, 0.3) is 0 Å². The lowest BCUT2D eigenvalue weighted by Crippen LogP contribution is -2.26. The van der Waals surface area contributed by atoms with Crippen molar-refractivity contribution in [1.82, 2.24) is 4.90 Å². The minimum atomic E-state index is 0.0218. The van der Waals surface area contributed by atoms with Crippen LogP contribution in [0.5, 0.6) is 0 Å². The fourth-order valence-electron chi connectivity index (χ4n) is 1.92. The molecule has 0 bridgehead atoms. The maximum Gasteiger partial charge on any atom is 0.230 e. The summed E-state index contributed by atoms with van der Waals surface area (Å²) in [6.07, 6.45) is 7.48. The molecule has 0 radical (unpaired) electrons. The molecule has 1 rings (SSSR count). The third-order valence-corrected chi connectivity index (χ3v) is 2.85. The van der Waals surface area contributed by atoms with Crippen LogP contribution < -0.4 is 0 Å². The molecule has 0 saturated carbocycles. The highest BCUT2D eigenvalue weighted by molar-refractivity contribution is 6.05. The number of amides is 1. The first-order valence-electron chi connectivity index (χ1n) is 6.03. The first kappa shape index (κ1) is 12.2. The number of ketones is 1. The van der Waals surface area contributed by atoms with Crippen LogP contribution in [0.1, 0.15) is 51.9 Å². The Morgan fingerprint density at radius 2 is 1.73 bits per heavy atom. The fraction of sp³-hybridized carbons (Fsp3) is 0.833. The van der Waals surface area contributed by atoms with Gasteiger partial charge in [-0.3, -0.25) is 9.59 Å². The molecule has 0 atom stereocenters. The van der Waals surface area contributed by atoms with Crippen LogP contribution in [0.3, 0.4) is 0 Å². The molecule has 0 spiro atoms. The minimum absolute atomic E-state index is 0.0218. The second-order valence-electron chi connectivity index (χ2n) is 4.30. The van der Waals surface area contributed by atoms with E-state index in [1.807, 2.05) is 0 Å². The molecule has 3 nitrogen and oxygen atoms in total.